The van der Waals surface area contributed by atoms with Gasteiger partial charge >= 0.3 is 0 Å². The second-order valence-corrected chi connectivity index (χ2v) is 3.62. The molecule has 0 bridgehead atoms. The van der Waals surface area contributed by atoms with Gasteiger partial charge in [0.25, 0.3) is 0 Å². The molecule has 0 aliphatic rings. The van der Waals surface area contributed by atoms with Crippen LogP contribution < -0.4 is 5.32 Å². The van der Waals surface area contributed by atoms with E-state index in [0.29, 0.717) is 13.2 Å². The summed E-state index contributed by atoms with van der Waals surface area (Å²) in [5, 5.41) is 2.90. The van der Waals surface area contributed by atoms with Crippen molar-refractivity contribution in [1.29, 1.82) is 0 Å². The van der Waals surface area contributed by atoms with E-state index in [2.05, 4.69) is 13.7 Å². The topological polar surface area (TPSA) is 80.2 Å². The van der Waals surface area contributed by atoms with Gasteiger partial charge in [-0.3, -0.25) is 17.5 Å². The van der Waals surface area contributed by atoms with E-state index in [9.17, 15) is 0 Å². The standard InChI is InChI=1S/C6H17NO5S/c1-7-3-4-11-5-6-12-13(8,9)10-2/h7-9H,3-6H2,1-2H3. The third kappa shape index (κ3) is 8.44. The third-order valence-corrected chi connectivity index (χ3v) is 2.09. The first kappa shape index (κ1) is 13.1. The van der Waals surface area contributed by atoms with Gasteiger partial charge in [0.2, 0.25) is 11.2 Å². The maximum Gasteiger partial charge on any atom is 0.218 e. The van der Waals surface area contributed by atoms with Gasteiger partial charge in [0.1, 0.15) is 0 Å². The summed E-state index contributed by atoms with van der Waals surface area (Å²) in [6.07, 6.45) is 0. The van der Waals surface area contributed by atoms with Crippen molar-refractivity contribution >= 4 is 11.2 Å². The van der Waals surface area contributed by atoms with Crippen LogP contribution in [0.3, 0.4) is 0 Å². The van der Waals surface area contributed by atoms with Crippen LogP contribution in [0, 0.1) is 0 Å². The smallest absolute Gasteiger partial charge is 0.218 e. The van der Waals surface area contributed by atoms with Crippen LogP contribution in [0.4, 0.5) is 0 Å². The molecule has 0 saturated heterocycles. The molecule has 0 aliphatic carbocycles. The Morgan fingerprint density at radius 2 is 1.92 bits per heavy atom. The number of nitrogens with one attached hydrogen (secondary N) is 1. The molecule has 0 spiro atoms. The van der Waals surface area contributed by atoms with Crippen LogP contribution in [0.25, 0.3) is 0 Å². The molecular weight excluding hydrogens is 198 g/mol. The fourth-order valence-electron chi connectivity index (χ4n) is 0.526. The minimum atomic E-state index is -3.31. The average Bonchev–Trinajstić information content (AvgIpc) is 2.11. The van der Waals surface area contributed by atoms with Crippen molar-refractivity contribution in [2.24, 2.45) is 0 Å². The second kappa shape index (κ2) is 7.51. The van der Waals surface area contributed by atoms with Gasteiger partial charge in [0.15, 0.2) is 0 Å². The average molecular weight is 215 g/mol. The van der Waals surface area contributed by atoms with Gasteiger partial charge in [-0.25, -0.2) is 0 Å². The van der Waals surface area contributed by atoms with Crippen LogP contribution in [-0.4, -0.2) is 49.6 Å². The van der Waals surface area contributed by atoms with Crippen molar-refractivity contribution in [3.05, 3.63) is 0 Å². The zero-order chi connectivity index (χ0) is 10.2. The van der Waals surface area contributed by atoms with Gasteiger partial charge in [-0.15, -0.1) is 0 Å². The van der Waals surface area contributed by atoms with E-state index < -0.39 is 11.2 Å². The molecule has 13 heavy (non-hydrogen) atoms. The molecule has 0 aromatic carbocycles. The first-order chi connectivity index (χ1) is 6.12. The monoisotopic (exact) mass is 215 g/mol. The number of hydrogen-bond acceptors (Lipinski definition) is 6. The number of hydrogen-bond donors (Lipinski definition) is 3. The van der Waals surface area contributed by atoms with Gasteiger partial charge in [-0.05, 0) is 7.05 Å². The first-order valence-corrected chi connectivity index (χ1v) is 5.22. The van der Waals surface area contributed by atoms with Gasteiger partial charge < -0.3 is 10.1 Å². The zero-order valence-corrected chi connectivity index (χ0v) is 8.67. The van der Waals surface area contributed by atoms with Crippen LogP contribution in [0.2, 0.25) is 0 Å². The fourth-order valence-corrected chi connectivity index (χ4v) is 0.907. The van der Waals surface area contributed by atoms with Gasteiger partial charge in [0.05, 0.1) is 26.9 Å². The summed E-state index contributed by atoms with van der Waals surface area (Å²) < 4.78 is 31.6. The first-order valence-electron chi connectivity index (χ1n) is 3.83. The van der Waals surface area contributed by atoms with Crippen LogP contribution in [-0.2, 0) is 13.1 Å². The lowest BCUT2D eigenvalue weighted by atomic mass is 10.7. The Labute approximate surface area is 79.9 Å². The van der Waals surface area contributed by atoms with Gasteiger partial charge in [-0.2, -0.15) is 0 Å². The molecule has 0 amide bonds. The van der Waals surface area contributed by atoms with Crippen LogP contribution in [0.15, 0.2) is 0 Å². The van der Waals surface area contributed by atoms with Crippen molar-refractivity contribution in [2.45, 2.75) is 0 Å². The number of ether oxygens (including phenoxy) is 1. The maximum atomic E-state index is 8.85. The van der Waals surface area contributed by atoms with E-state index >= 15 is 0 Å². The molecule has 0 saturated carbocycles. The summed E-state index contributed by atoms with van der Waals surface area (Å²) in [7, 11) is 2.98. The highest BCUT2D eigenvalue weighted by molar-refractivity contribution is 8.15. The molecule has 7 heteroatoms. The third-order valence-electron chi connectivity index (χ3n) is 1.18. The van der Waals surface area contributed by atoms with Gasteiger partial charge in [0, 0.05) is 6.54 Å². The van der Waals surface area contributed by atoms with E-state index in [1.165, 1.54) is 0 Å². The molecule has 0 aromatic heterocycles. The Balaban J connectivity index is 3.16. The molecule has 0 aromatic rings. The fraction of sp³-hybridized carbons (Fsp3) is 1.00. The van der Waals surface area contributed by atoms with E-state index in [1.54, 1.807) is 0 Å². The zero-order valence-electron chi connectivity index (χ0n) is 7.86. The Bertz CT molecular complexity index is 124. The van der Waals surface area contributed by atoms with E-state index in [0.717, 1.165) is 13.7 Å². The molecular formula is C6H17NO5S. The maximum absolute atomic E-state index is 8.85. The molecule has 0 radical (unpaired) electrons. The highest BCUT2D eigenvalue weighted by Gasteiger charge is 2.15. The lowest BCUT2D eigenvalue weighted by Crippen LogP contribution is -2.16. The molecule has 0 rings (SSSR count). The molecule has 0 atom stereocenters. The molecule has 6 nitrogen and oxygen atoms in total. The predicted molar refractivity (Wildman–Crippen MR) is 50.6 cm³/mol. The highest BCUT2D eigenvalue weighted by Crippen LogP contribution is 2.39. The van der Waals surface area contributed by atoms with Crippen LogP contribution in [0.5, 0.6) is 0 Å². The van der Waals surface area contributed by atoms with Crippen molar-refractivity contribution in [2.75, 3.05) is 40.5 Å². The van der Waals surface area contributed by atoms with E-state index in [4.69, 9.17) is 13.8 Å². The van der Waals surface area contributed by atoms with Crippen molar-refractivity contribution < 1.29 is 22.2 Å². The van der Waals surface area contributed by atoms with Gasteiger partial charge in [-0.1, -0.05) is 0 Å². The Hall–Kier alpha value is 0.110. The Morgan fingerprint density at radius 1 is 1.23 bits per heavy atom. The van der Waals surface area contributed by atoms with Crippen LogP contribution >= 0.6 is 11.2 Å². The summed E-state index contributed by atoms with van der Waals surface area (Å²) in [4.78, 5) is 0. The summed E-state index contributed by atoms with van der Waals surface area (Å²) in [6.45, 7) is 1.72. The molecule has 0 heterocycles. The number of rotatable bonds is 8. The second-order valence-electron chi connectivity index (χ2n) is 2.15. The largest absolute Gasteiger partial charge is 0.378 e. The quantitative estimate of drug-likeness (QED) is 0.511. The van der Waals surface area contributed by atoms with Crippen molar-refractivity contribution in [3.8, 4) is 0 Å². The van der Waals surface area contributed by atoms with Crippen LogP contribution in [0.1, 0.15) is 0 Å². The minimum absolute atomic E-state index is 0.0971. The predicted octanol–water partition coefficient (Wildman–Crippen LogP) is 0.466. The highest BCUT2D eigenvalue weighted by atomic mass is 32.3. The molecule has 82 valence electrons. The lowest BCUT2D eigenvalue weighted by Gasteiger charge is -2.22. The lowest BCUT2D eigenvalue weighted by molar-refractivity contribution is 0.0860. The molecule has 0 aliphatic heterocycles. The normalized spacial score (nSPS) is 13.2. The summed E-state index contributed by atoms with van der Waals surface area (Å²) in [5.74, 6) is 0. The van der Waals surface area contributed by atoms with E-state index in [-0.39, 0.29) is 6.61 Å². The van der Waals surface area contributed by atoms with Crippen molar-refractivity contribution in [3.63, 3.8) is 0 Å². The summed E-state index contributed by atoms with van der Waals surface area (Å²) in [5.41, 5.74) is 0. The molecule has 0 unspecified atom stereocenters. The van der Waals surface area contributed by atoms with Crippen molar-refractivity contribution in [1.82, 2.24) is 5.32 Å². The molecule has 0 fully saturated rings. The Morgan fingerprint density at radius 3 is 2.46 bits per heavy atom. The van der Waals surface area contributed by atoms with E-state index in [1.807, 2.05) is 7.05 Å². The summed E-state index contributed by atoms with van der Waals surface area (Å²) >= 11 is -3.31. The summed E-state index contributed by atoms with van der Waals surface area (Å²) in [6, 6.07) is 0. The minimum Gasteiger partial charge on any atom is -0.378 e. The number of likely N-dealkylation sites (N-methyl/N-ethyl adjacent to an activating group) is 1. The Kier molecular flexibility index (Phi) is 7.57. The molecule has 3 N–H and O–H groups in total. The SMILES string of the molecule is CNCCOCCOS(O)(O)OC.